The molecule has 0 aliphatic carbocycles. The summed E-state index contributed by atoms with van der Waals surface area (Å²) in [6.07, 6.45) is 5.51. The number of hydrogen-bond donors (Lipinski definition) is 1. The van der Waals surface area contributed by atoms with Crippen LogP contribution in [0.2, 0.25) is 0 Å². The third kappa shape index (κ3) is 2.39. The van der Waals surface area contributed by atoms with E-state index in [1.807, 2.05) is 19.3 Å². The van der Waals surface area contributed by atoms with Crippen LogP contribution in [-0.2, 0) is 6.54 Å². The number of aryl methyl sites for hydroxylation is 1. The minimum absolute atomic E-state index is 0.0844. The van der Waals surface area contributed by atoms with E-state index in [1.165, 1.54) is 0 Å². The highest BCUT2D eigenvalue weighted by Crippen LogP contribution is 2.22. The van der Waals surface area contributed by atoms with Gasteiger partial charge in [0.25, 0.3) is 0 Å². The lowest BCUT2D eigenvalue weighted by Gasteiger charge is -2.02. The van der Waals surface area contributed by atoms with Gasteiger partial charge in [0.1, 0.15) is 5.69 Å². The third-order valence-electron chi connectivity index (χ3n) is 2.77. The number of imidazole rings is 1. The number of aromatic nitrogens is 3. The van der Waals surface area contributed by atoms with E-state index in [2.05, 4.69) is 21.6 Å². The first-order chi connectivity index (χ1) is 8.26. The van der Waals surface area contributed by atoms with Gasteiger partial charge in [-0.1, -0.05) is 19.0 Å². The summed E-state index contributed by atoms with van der Waals surface area (Å²) in [5, 5.41) is 4.05. The van der Waals surface area contributed by atoms with Gasteiger partial charge < -0.3 is 14.8 Å². The molecule has 0 aliphatic rings. The molecule has 0 bridgehead atoms. The Balaban J connectivity index is 2.27. The van der Waals surface area contributed by atoms with Crippen molar-refractivity contribution in [1.82, 2.24) is 14.7 Å². The first-order valence-corrected chi connectivity index (χ1v) is 5.99. The maximum atomic E-state index is 5.90. The van der Waals surface area contributed by atoms with E-state index in [0.29, 0.717) is 0 Å². The fourth-order valence-electron chi connectivity index (χ4n) is 1.74. The molecule has 0 spiro atoms. The SMILES string of the molecule is CCCn1cncc1-c1cc(C(N)CC)on1. The highest BCUT2D eigenvalue weighted by Gasteiger charge is 2.14. The first kappa shape index (κ1) is 11.9. The fraction of sp³-hybridized carbons (Fsp3) is 0.500. The van der Waals surface area contributed by atoms with Gasteiger partial charge >= 0.3 is 0 Å². The average molecular weight is 234 g/mol. The van der Waals surface area contributed by atoms with E-state index < -0.39 is 0 Å². The van der Waals surface area contributed by atoms with E-state index in [9.17, 15) is 0 Å². The van der Waals surface area contributed by atoms with Crippen molar-refractivity contribution in [3.8, 4) is 11.4 Å². The molecule has 2 N–H and O–H groups in total. The topological polar surface area (TPSA) is 69.9 Å². The lowest BCUT2D eigenvalue weighted by atomic mass is 10.1. The maximum absolute atomic E-state index is 5.90. The number of rotatable bonds is 5. The molecule has 0 radical (unpaired) electrons. The Hall–Kier alpha value is -1.62. The minimum atomic E-state index is -0.0844. The van der Waals surface area contributed by atoms with Crippen LogP contribution in [0, 0.1) is 0 Å². The van der Waals surface area contributed by atoms with Gasteiger partial charge in [-0.3, -0.25) is 0 Å². The second-order valence-electron chi connectivity index (χ2n) is 4.10. The molecule has 0 saturated heterocycles. The molecule has 5 nitrogen and oxygen atoms in total. The van der Waals surface area contributed by atoms with Crippen LogP contribution in [0.5, 0.6) is 0 Å². The second-order valence-corrected chi connectivity index (χ2v) is 4.10. The van der Waals surface area contributed by atoms with Crippen LogP contribution < -0.4 is 5.73 Å². The van der Waals surface area contributed by atoms with Crippen LogP contribution >= 0.6 is 0 Å². The third-order valence-corrected chi connectivity index (χ3v) is 2.77. The van der Waals surface area contributed by atoms with Crippen molar-refractivity contribution in [1.29, 1.82) is 0 Å². The van der Waals surface area contributed by atoms with Gasteiger partial charge in [-0.2, -0.15) is 0 Å². The molecule has 2 rings (SSSR count). The normalized spacial score (nSPS) is 12.9. The smallest absolute Gasteiger partial charge is 0.154 e. The second kappa shape index (κ2) is 5.14. The zero-order chi connectivity index (χ0) is 12.3. The van der Waals surface area contributed by atoms with E-state index >= 15 is 0 Å². The van der Waals surface area contributed by atoms with E-state index in [0.717, 1.165) is 36.5 Å². The molecular weight excluding hydrogens is 216 g/mol. The number of nitrogens with two attached hydrogens (primary N) is 1. The highest BCUT2D eigenvalue weighted by atomic mass is 16.5. The summed E-state index contributed by atoms with van der Waals surface area (Å²) >= 11 is 0. The number of nitrogens with zero attached hydrogens (tertiary/aromatic N) is 3. The molecule has 2 heterocycles. The molecule has 0 aliphatic heterocycles. The van der Waals surface area contributed by atoms with Crippen molar-refractivity contribution in [2.24, 2.45) is 5.73 Å². The molecule has 92 valence electrons. The van der Waals surface area contributed by atoms with Crippen LogP contribution in [0.15, 0.2) is 23.1 Å². The van der Waals surface area contributed by atoms with Crippen LogP contribution in [-0.4, -0.2) is 14.7 Å². The number of hydrogen-bond acceptors (Lipinski definition) is 4. The summed E-state index contributed by atoms with van der Waals surface area (Å²) in [4.78, 5) is 4.14. The lowest BCUT2D eigenvalue weighted by Crippen LogP contribution is -2.06. The van der Waals surface area contributed by atoms with Crippen molar-refractivity contribution in [3.05, 3.63) is 24.4 Å². The molecule has 0 saturated carbocycles. The molecule has 5 heteroatoms. The van der Waals surface area contributed by atoms with Crippen molar-refractivity contribution in [2.45, 2.75) is 39.3 Å². The summed E-state index contributed by atoms with van der Waals surface area (Å²) < 4.78 is 7.33. The minimum Gasteiger partial charge on any atom is -0.359 e. The Morgan fingerprint density at radius 3 is 3.00 bits per heavy atom. The Bertz CT molecular complexity index is 474. The Morgan fingerprint density at radius 2 is 2.29 bits per heavy atom. The average Bonchev–Trinajstić information content (AvgIpc) is 2.96. The Morgan fingerprint density at radius 1 is 1.47 bits per heavy atom. The quantitative estimate of drug-likeness (QED) is 0.862. The summed E-state index contributed by atoms with van der Waals surface area (Å²) in [5.41, 5.74) is 7.68. The van der Waals surface area contributed by atoms with Gasteiger partial charge in [-0.25, -0.2) is 4.98 Å². The highest BCUT2D eigenvalue weighted by molar-refractivity contribution is 5.53. The zero-order valence-corrected chi connectivity index (χ0v) is 10.3. The maximum Gasteiger partial charge on any atom is 0.154 e. The largest absolute Gasteiger partial charge is 0.359 e. The molecule has 0 aromatic carbocycles. The van der Waals surface area contributed by atoms with E-state index in [4.69, 9.17) is 10.3 Å². The monoisotopic (exact) mass is 234 g/mol. The summed E-state index contributed by atoms with van der Waals surface area (Å²) in [6.45, 7) is 5.08. The van der Waals surface area contributed by atoms with Crippen LogP contribution in [0.1, 0.15) is 38.5 Å². The molecule has 17 heavy (non-hydrogen) atoms. The molecule has 2 aromatic heterocycles. The van der Waals surface area contributed by atoms with Gasteiger partial charge in [-0.05, 0) is 12.8 Å². The van der Waals surface area contributed by atoms with Crippen molar-refractivity contribution in [2.75, 3.05) is 0 Å². The van der Waals surface area contributed by atoms with E-state index in [1.54, 1.807) is 6.20 Å². The predicted octanol–water partition coefficient (Wildman–Crippen LogP) is 2.36. The molecule has 0 fully saturated rings. The van der Waals surface area contributed by atoms with Gasteiger partial charge in [0.15, 0.2) is 5.76 Å². The van der Waals surface area contributed by atoms with Crippen molar-refractivity contribution >= 4 is 0 Å². The molecule has 0 amide bonds. The zero-order valence-electron chi connectivity index (χ0n) is 10.3. The first-order valence-electron chi connectivity index (χ1n) is 5.99. The Labute approximate surface area is 101 Å². The molecule has 1 atom stereocenters. The summed E-state index contributed by atoms with van der Waals surface area (Å²) in [6, 6.07) is 1.82. The lowest BCUT2D eigenvalue weighted by molar-refractivity contribution is 0.360. The van der Waals surface area contributed by atoms with E-state index in [-0.39, 0.29) is 6.04 Å². The van der Waals surface area contributed by atoms with Crippen LogP contribution in [0.4, 0.5) is 0 Å². The predicted molar refractivity (Wildman–Crippen MR) is 65.2 cm³/mol. The van der Waals surface area contributed by atoms with Crippen LogP contribution in [0.25, 0.3) is 11.4 Å². The van der Waals surface area contributed by atoms with Gasteiger partial charge in [0.05, 0.1) is 24.3 Å². The van der Waals surface area contributed by atoms with Crippen molar-refractivity contribution < 1.29 is 4.52 Å². The van der Waals surface area contributed by atoms with Gasteiger partial charge in [0, 0.05) is 12.6 Å². The van der Waals surface area contributed by atoms with Crippen LogP contribution in [0.3, 0.4) is 0 Å². The van der Waals surface area contributed by atoms with Crippen molar-refractivity contribution in [3.63, 3.8) is 0 Å². The molecule has 2 aromatic rings. The Kier molecular flexibility index (Phi) is 3.58. The molecular formula is C12H18N4O. The van der Waals surface area contributed by atoms with Gasteiger partial charge in [0.2, 0.25) is 0 Å². The summed E-state index contributed by atoms with van der Waals surface area (Å²) in [5.74, 6) is 0.728. The van der Waals surface area contributed by atoms with Gasteiger partial charge in [-0.15, -0.1) is 0 Å². The fourth-order valence-corrected chi connectivity index (χ4v) is 1.74. The standard InChI is InChI=1S/C12H18N4O/c1-3-5-16-8-14-7-11(16)10-6-12(17-15-10)9(13)4-2/h6-9H,3-5,13H2,1-2H3. The summed E-state index contributed by atoms with van der Waals surface area (Å²) in [7, 11) is 0. The molecule has 1 unspecified atom stereocenters.